The maximum Gasteiger partial charge on any atom is 0.303 e. The number of piperidine rings is 1. The molecular weight excluding hydrogens is 549 g/mol. The summed E-state index contributed by atoms with van der Waals surface area (Å²) in [6, 6.07) is 10.1. The molecule has 6 nitrogen and oxygen atoms in total. The van der Waals surface area contributed by atoms with E-state index in [1.54, 1.807) is 6.07 Å². The summed E-state index contributed by atoms with van der Waals surface area (Å²) in [6.07, 6.45) is 3.43. The summed E-state index contributed by atoms with van der Waals surface area (Å²) >= 11 is 9.71. The summed E-state index contributed by atoms with van der Waals surface area (Å²) < 4.78 is 15.0. The Hall–Kier alpha value is -2.71. The highest BCUT2D eigenvalue weighted by Crippen LogP contribution is 2.33. The number of aliphatic carboxylic acids is 1. The number of amides is 1. The van der Waals surface area contributed by atoms with Crippen LogP contribution in [0.15, 0.2) is 40.9 Å². The quantitative estimate of drug-likeness (QED) is 0.321. The number of anilines is 1. The predicted molar refractivity (Wildman–Crippen MR) is 144 cm³/mol. The van der Waals surface area contributed by atoms with Crippen molar-refractivity contribution < 1.29 is 19.1 Å². The fourth-order valence-corrected chi connectivity index (χ4v) is 5.47. The summed E-state index contributed by atoms with van der Waals surface area (Å²) in [4.78, 5) is 32.0. The summed E-state index contributed by atoms with van der Waals surface area (Å²) in [7, 11) is 0. The van der Waals surface area contributed by atoms with Crippen molar-refractivity contribution in [3.63, 3.8) is 0 Å². The van der Waals surface area contributed by atoms with E-state index in [0.29, 0.717) is 11.1 Å². The van der Waals surface area contributed by atoms with Crippen LogP contribution in [0.1, 0.15) is 59.5 Å². The van der Waals surface area contributed by atoms with E-state index in [4.69, 9.17) is 16.6 Å². The summed E-state index contributed by atoms with van der Waals surface area (Å²) in [6.45, 7) is 3.82. The summed E-state index contributed by atoms with van der Waals surface area (Å²) in [5.74, 6) is -1.48. The van der Waals surface area contributed by atoms with Crippen molar-refractivity contribution in [2.45, 2.75) is 44.9 Å². The molecule has 2 N–H and O–H groups in total. The second kappa shape index (κ2) is 11.6. The number of carboxylic acids is 1. The second-order valence-corrected chi connectivity index (χ2v) is 10.4. The molecule has 2 heterocycles. The normalized spacial score (nSPS) is 14.6. The molecule has 0 bridgehead atoms. The molecule has 0 saturated carbocycles. The SMILES string of the molecule is Cc1c(N2CCCCC2)nc2ccc(Br)cc2c1C(=O)NCC(CCC(=O)O)c1cccc(F)c1Cl. The van der Waals surface area contributed by atoms with Gasteiger partial charge in [0.2, 0.25) is 0 Å². The summed E-state index contributed by atoms with van der Waals surface area (Å²) in [5.41, 5.74) is 2.53. The minimum Gasteiger partial charge on any atom is -0.481 e. The molecule has 36 heavy (non-hydrogen) atoms. The fraction of sp³-hybridized carbons (Fsp3) is 0.370. The van der Waals surface area contributed by atoms with Crippen LogP contribution in [-0.2, 0) is 4.79 Å². The molecule has 0 aliphatic carbocycles. The highest BCUT2D eigenvalue weighted by molar-refractivity contribution is 9.10. The molecule has 1 aliphatic rings. The Balaban J connectivity index is 1.68. The van der Waals surface area contributed by atoms with Crippen molar-refractivity contribution in [2.24, 2.45) is 0 Å². The Bertz CT molecular complexity index is 1300. The lowest BCUT2D eigenvalue weighted by Gasteiger charge is -2.30. The summed E-state index contributed by atoms with van der Waals surface area (Å²) in [5, 5.41) is 12.9. The number of rotatable bonds is 8. The van der Waals surface area contributed by atoms with Crippen LogP contribution in [0.4, 0.5) is 10.2 Å². The van der Waals surface area contributed by atoms with Gasteiger partial charge in [-0.1, -0.05) is 39.7 Å². The molecule has 1 fully saturated rings. The van der Waals surface area contributed by atoms with E-state index in [0.717, 1.165) is 52.7 Å². The van der Waals surface area contributed by atoms with Crippen LogP contribution in [0.2, 0.25) is 5.02 Å². The first-order chi connectivity index (χ1) is 17.3. The minimum atomic E-state index is -0.967. The average molecular weight is 577 g/mol. The van der Waals surface area contributed by atoms with Crippen molar-refractivity contribution >= 4 is 56.1 Å². The van der Waals surface area contributed by atoms with Gasteiger partial charge in [0.15, 0.2) is 0 Å². The molecule has 4 rings (SSSR count). The molecule has 1 aromatic heterocycles. The van der Waals surface area contributed by atoms with Crippen LogP contribution in [0.3, 0.4) is 0 Å². The number of benzene rings is 2. The number of hydrogen-bond acceptors (Lipinski definition) is 4. The van der Waals surface area contributed by atoms with Gasteiger partial charge in [-0.05, 0) is 62.4 Å². The van der Waals surface area contributed by atoms with Gasteiger partial charge in [-0.2, -0.15) is 0 Å². The standard InChI is InChI=1S/C27H28BrClFN3O3/c1-16-24(20-14-18(28)9-10-22(20)32-26(16)33-12-3-2-4-13-33)27(36)31-15-17(8-11-23(34)35)19-6-5-7-21(30)25(19)29/h5-7,9-10,14,17H,2-4,8,11-13,15H2,1H3,(H,31,36)(H,34,35). The molecule has 3 aromatic rings. The van der Waals surface area contributed by atoms with Gasteiger partial charge in [-0.3, -0.25) is 9.59 Å². The van der Waals surface area contributed by atoms with Crippen molar-refractivity contribution in [3.8, 4) is 0 Å². The molecule has 190 valence electrons. The number of carbonyl (C=O) groups is 2. The smallest absolute Gasteiger partial charge is 0.303 e. The van der Waals surface area contributed by atoms with E-state index < -0.39 is 17.7 Å². The Morgan fingerprint density at radius 3 is 2.69 bits per heavy atom. The zero-order chi connectivity index (χ0) is 25.8. The van der Waals surface area contributed by atoms with E-state index in [-0.39, 0.29) is 30.3 Å². The predicted octanol–water partition coefficient (Wildman–Crippen LogP) is 6.47. The zero-order valence-corrected chi connectivity index (χ0v) is 22.3. The third-order valence-corrected chi connectivity index (χ3v) is 7.58. The number of hydrogen-bond donors (Lipinski definition) is 2. The first kappa shape index (κ1) is 26.4. The molecule has 1 aliphatic heterocycles. The second-order valence-electron chi connectivity index (χ2n) is 9.13. The van der Waals surface area contributed by atoms with E-state index in [1.165, 1.54) is 18.6 Å². The number of nitrogens with zero attached hydrogens (tertiary/aromatic N) is 2. The lowest BCUT2D eigenvalue weighted by molar-refractivity contribution is -0.137. The maximum absolute atomic E-state index is 14.1. The molecule has 1 atom stereocenters. The third-order valence-electron chi connectivity index (χ3n) is 6.68. The molecule has 0 radical (unpaired) electrons. The number of aromatic nitrogens is 1. The van der Waals surface area contributed by atoms with Gasteiger partial charge in [0.1, 0.15) is 11.6 Å². The number of fused-ring (bicyclic) bond motifs is 1. The fourth-order valence-electron chi connectivity index (χ4n) is 4.83. The van der Waals surface area contributed by atoms with Crippen molar-refractivity contribution in [2.75, 3.05) is 24.5 Å². The van der Waals surface area contributed by atoms with Gasteiger partial charge in [0, 0.05) is 47.4 Å². The van der Waals surface area contributed by atoms with Crippen molar-refractivity contribution in [3.05, 3.63) is 68.4 Å². The Morgan fingerprint density at radius 2 is 1.97 bits per heavy atom. The van der Waals surface area contributed by atoms with E-state index in [1.807, 2.05) is 25.1 Å². The van der Waals surface area contributed by atoms with Gasteiger partial charge >= 0.3 is 5.97 Å². The molecule has 1 unspecified atom stereocenters. The molecule has 0 spiro atoms. The highest BCUT2D eigenvalue weighted by atomic mass is 79.9. The van der Waals surface area contributed by atoms with Crippen LogP contribution in [-0.4, -0.2) is 41.6 Å². The van der Waals surface area contributed by atoms with Gasteiger partial charge in [0.25, 0.3) is 5.91 Å². The highest BCUT2D eigenvalue weighted by Gasteiger charge is 2.24. The monoisotopic (exact) mass is 575 g/mol. The number of carbonyl (C=O) groups excluding carboxylic acids is 1. The lowest BCUT2D eigenvalue weighted by Crippen LogP contribution is -2.33. The van der Waals surface area contributed by atoms with E-state index in [9.17, 15) is 19.1 Å². The maximum atomic E-state index is 14.1. The molecule has 9 heteroatoms. The van der Waals surface area contributed by atoms with Gasteiger partial charge in [-0.25, -0.2) is 9.37 Å². The average Bonchev–Trinajstić information content (AvgIpc) is 2.86. The first-order valence-corrected chi connectivity index (χ1v) is 13.2. The van der Waals surface area contributed by atoms with Gasteiger partial charge in [-0.15, -0.1) is 0 Å². The van der Waals surface area contributed by atoms with Crippen molar-refractivity contribution in [1.82, 2.24) is 10.3 Å². The zero-order valence-electron chi connectivity index (χ0n) is 20.0. The number of nitrogens with one attached hydrogen (secondary N) is 1. The lowest BCUT2D eigenvalue weighted by atomic mass is 9.93. The first-order valence-electron chi connectivity index (χ1n) is 12.0. The molecule has 2 aromatic carbocycles. The van der Waals surface area contributed by atoms with Crippen LogP contribution in [0, 0.1) is 12.7 Å². The third kappa shape index (κ3) is 5.81. The number of halogens is 3. The molecule has 1 saturated heterocycles. The van der Waals surface area contributed by atoms with Crippen LogP contribution < -0.4 is 10.2 Å². The van der Waals surface area contributed by atoms with Crippen LogP contribution in [0.5, 0.6) is 0 Å². The molecular formula is C27H28BrClFN3O3. The Morgan fingerprint density at radius 1 is 1.22 bits per heavy atom. The molecule has 1 amide bonds. The van der Waals surface area contributed by atoms with Crippen molar-refractivity contribution in [1.29, 1.82) is 0 Å². The number of carboxylic acid groups (broad SMARTS) is 1. The van der Waals surface area contributed by atoms with Gasteiger partial charge in [0.05, 0.1) is 16.1 Å². The Kier molecular flexibility index (Phi) is 8.46. The topological polar surface area (TPSA) is 82.5 Å². The Labute approximate surface area is 223 Å². The minimum absolute atomic E-state index is 0.0519. The number of pyridine rings is 1. The largest absolute Gasteiger partial charge is 0.481 e. The van der Waals surface area contributed by atoms with E-state index in [2.05, 4.69) is 26.1 Å². The van der Waals surface area contributed by atoms with Crippen LogP contribution in [0.25, 0.3) is 10.9 Å². The van der Waals surface area contributed by atoms with Gasteiger partial charge < -0.3 is 15.3 Å². The van der Waals surface area contributed by atoms with Crippen LogP contribution >= 0.6 is 27.5 Å². The van der Waals surface area contributed by atoms with E-state index >= 15 is 0 Å².